The zero-order chi connectivity index (χ0) is 14.7. The van der Waals surface area contributed by atoms with Gasteiger partial charge in [0.25, 0.3) is 0 Å². The molecule has 1 aromatic heterocycles. The first-order chi connectivity index (χ1) is 10.3. The van der Waals surface area contributed by atoms with Crippen molar-refractivity contribution in [2.75, 3.05) is 6.54 Å². The number of aromatic hydroxyl groups is 1. The van der Waals surface area contributed by atoms with E-state index in [-0.39, 0.29) is 0 Å². The number of rotatable bonds is 5. The lowest BCUT2D eigenvalue weighted by atomic mass is 10.1. The van der Waals surface area contributed by atoms with E-state index in [0.29, 0.717) is 12.3 Å². The molecule has 0 saturated carbocycles. The van der Waals surface area contributed by atoms with Gasteiger partial charge in [-0.3, -0.25) is 0 Å². The largest absolute Gasteiger partial charge is 0.506 e. The Labute approximate surface area is 132 Å². The van der Waals surface area contributed by atoms with Gasteiger partial charge in [0.2, 0.25) is 0 Å². The Morgan fingerprint density at radius 3 is 2.81 bits per heavy atom. The molecule has 2 aromatic carbocycles. The molecule has 0 unspecified atom stereocenters. The van der Waals surface area contributed by atoms with Crippen molar-refractivity contribution in [2.45, 2.75) is 13.0 Å². The molecule has 3 aromatic rings. The van der Waals surface area contributed by atoms with Gasteiger partial charge in [0.1, 0.15) is 5.75 Å². The normalized spacial score (nSPS) is 11.1. The van der Waals surface area contributed by atoms with E-state index in [1.807, 2.05) is 24.3 Å². The molecule has 3 rings (SSSR count). The van der Waals surface area contributed by atoms with Crippen molar-refractivity contribution >= 4 is 26.8 Å². The molecule has 3 nitrogen and oxygen atoms in total. The van der Waals surface area contributed by atoms with E-state index in [9.17, 15) is 5.11 Å². The van der Waals surface area contributed by atoms with Crippen molar-refractivity contribution < 1.29 is 5.11 Å². The molecular weight excluding hydrogens is 328 g/mol. The topological polar surface area (TPSA) is 48.0 Å². The minimum absolute atomic E-state index is 0.317. The van der Waals surface area contributed by atoms with Crippen molar-refractivity contribution in [1.29, 1.82) is 0 Å². The van der Waals surface area contributed by atoms with E-state index < -0.39 is 0 Å². The zero-order valence-electron chi connectivity index (χ0n) is 11.6. The number of halogens is 1. The van der Waals surface area contributed by atoms with Gasteiger partial charge in [0.15, 0.2) is 0 Å². The van der Waals surface area contributed by atoms with Crippen LogP contribution in [-0.4, -0.2) is 16.6 Å². The van der Waals surface area contributed by atoms with Gasteiger partial charge in [-0.15, -0.1) is 0 Å². The summed E-state index contributed by atoms with van der Waals surface area (Å²) in [5.41, 5.74) is 3.40. The molecule has 4 heteroatoms. The van der Waals surface area contributed by atoms with E-state index in [4.69, 9.17) is 0 Å². The lowest BCUT2D eigenvalue weighted by Crippen LogP contribution is -2.16. The fraction of sp³-hybridized carbons (Fsp3) is 0.176. The Morgan fingerprint density at radius 1 is 1.05 bits per heavy atom. The Bertz CT molecular complexity index is 751. The average Bonchev–Trinajstić information content (AvgIpc) is 2.91. The van der Waals surface area contributed by atoms with Gasteiger partial charge in [-0.05, 0) is 46.6 Å². The van der Waals surface area contributed by atoms with Gasteiger partial charge in [-0.25, -0.2) is 0 Å². The van der Waals surface area contributed by atoms with Crippen LogP contribution in [-0.2, 0) is 13.0 Å². The number of phenolic OH excluding ortho intramolecular Hbond substituents is 1. The zero-order valence-corrected chi connectivity index (χ0v) is 13.2. The van der Waals surface area contributed by atoms with Gasteiger partial charge in [-0.2, -0.15) is 0 Å². The first-order valence-corrected chi connectivity index (χ1v) is 7.77. The van der Waals surface area contributed by atoms with Crippen LogP contribution in [0, 0.1) is 0 Å². The number of benzene rings is 2. The highest BCUT2D eigenvalue weighted by atomic mass is 79.9. The van der Waals surface area contributed by atoms with Crippen molar-refractivity contribution in [3.05, 3.63) is 64.3 Å². The molecular formula is C17H17BrN2O. The molecule has 0 radical (unpaired) electrons. The maximum Gasteiger partial charge on any atom is 0.134 e. The SMILES string of the molecule is Oc1c(Br)cccc1CNCCc1c[nH]c2ccccc12. The summed E-state index contributed by atoms with van der Waals surface area (Å²) < 4.78 is 0.735. The van der Waals surface area contributed by atoms with Crippen molar-refractivity contribution in [2.24, 2.45) is 0 Å². The Kier molecular flexibility index (Phi) is 4.27. The van der Waals surface area contributed by atoms with Crippen LogP contribution in [0.25, 0.3) is 10.9 Å². The smallest absolute Gasteiger partial charge is 0.134 e. The molecule has 3 N–H and O–H groups in total. The van der Waals surface area contributed by atoms with Crippen LogP contribution in [0.4, 0.5) is 0 Å². The van der Waals surface area contributed by atoms with E-state index >= 15 is 0 Å². The summed E-state index contributed by atoms with van der Waals surface area (Å²) in [4.78, 5) is 3.29. The first kappa shape index (κ1) is 14.2. The summed E-state index contributed by atoms with van der Waals surface area (Å²) in [5, 5.41) is 14.6. The second kappa shape index (κ2) is 6.33. The van der Waals surface area contributed by atoms with Gasteiger partial charge in [0, 0.05) is 29.2 Å². The van der Waals surface area contributed by atoms with Gasteiger partial charge in [0.05, 0.1) is 4.47 Å². The number of hydrogen-bond donors (Lipinski definition) is 3. The maximum absolute atomic E-state index is 9.93. The average molecular weight is 345 g/mol. The summed E-state index contributed by atoms with van der Waals surface area (Å²) in [6, 6.07) is 14.0. The van der Waals surface area contributed by atoms with Crippen molar-refractivity contribution in [1.82, 2.24) is 10.3 Å². The first-order valence-electron chi connectivity index (χ1n) is 6.98. The van der Waals surface area contributed by atoms with Crippen LogP contribution >= 0.6 is 15.9 Å². The number of fused-ring (bicyclic) bond motifs is 1. The number of para-hydroxylation sites is 2. The summed E-state index contributed by atoms with van der Waals surface area (Å²) in [7, 11) is 0. The molecule has 0 saturated heterocycles. The van der Waals surface area contributed by atoms with Gasteiger partial charge < -0.3 is 15.4 Å². The third-order valence-electron chi connectivity index (χ3n) is 3.63. The van der Waals surface area contributed by atoms with Crippen molar-refractivity contribution in [3.63, 3.8) is 0 Å². The standard InChI is InChI=1S/C17H17BrN2O/c18-15-6-3-4-13(17(15)21)10-19-9-8-12-11-20-16-7-2-1-5-14(12)16/h1-7,11,19-21H,8-10H2. The number of aromatic nitrogens is 1. The third kappa shape index (κ3) is 3.12. The number of hydrogen-bond acceptors (Lipinski definition) is 2. The quantitative estimate of drug-likeness (QED) is 0.613. The fourth-order valence-electron chi connectivity index (χ4n) is 2.49. The molecule has 0 aliphatic rings. The number of H-pyrrole nitrogens is 1. The van der Waals surface area contributed by atoms with E-state index in [1.54, 1.807) is 0 Å². The molecule has 1 heterocycles. The molecule has 0 bridgehead atoms. The highest BCUT2D eigenvalue weighted by Crippen LogP contribution is 2.27. The Morgan fingerprint density at radius 2 is 1.90 bits per heavy atom. The molecule has 21 heavy (non-hydrogen) atoms. The van der Waals surface area contributed by atoms with E-state index in [2.05, 4.69) is 50.6 Å². The lowest BCUT2D eigenvalue weighted by Gasteiger charge is -2.07. The number of phenols is 1. The van der Waals surface area contributed by atoms with Crippen LogP contribution in [0.5, 0.6) is 5.75 Å². The predicted molar refractivity (Wildman–Crippen MR) is 89.5 cm³/mol. The molecule has 0 fully saturated rings. The molecule has 0 amide bonds. The fourth-order valence-corrected chi connectivity index (χ4v) is 2.89. The lowest BCUT2D eigenvalue weighted by molar-refractivity contribution is 0.461. The van der Waals surface area contributed by atoms with Crippen molar-refractivity contribution in [3.8, 4) is 5.75 Å². The molecule has 108 valence electrons. The highest BCUT2D eigenvalue weighted by molar-refractivity contribution is 9.10. The highest BCUT2D eigenvalue weighted by Gasteiger charge is 2.05. The predicted octanol–water partition coefficient (Wildman–Crippen LogP) is 3.97. The summed E-state index contributed by atoms with van der Waals surface area (Å²) in [5.74, 6) is 0.317. The molecule has 0 aliphatic heterocycles. The third-order valence-corrected chi connectivity index (χ3v) is 4.27. The maximum atomic E-state index is 9.93. The molecule has 0 atom stereocenters. The second-order valence-electron chi connectivity index (χ2n) is 5.03. The van der Waals surface area contributed by atoms with Gasteiger partial charge in [-0.1, -0.05) is 30.3 Å². The van der Waals surface area contributed by atoms with Crippen LogP contribution in [0.15, 0.2) is 53.1 Å². The number of aromatic amines is 1. The summed E-state index contributed by atoms with van der Waals surface area (Å²) in [6.45, 7) is 1.53. The van der Waals surface area contributed by atoms with Gasteiger partial charge >= 0.3 is 0 Å². The summed E-state index contributed by atoms with van der Waals surface area (Å²) >= 11 is 3.33. The molecule has 0 spiro atoms. The molecule has 0 aliphatic carbocycles. The van der Waals surface area contributed by atoms with Crippen LogP contribution in [0.2, 0.25) is 0 Å². The second-order valence-corrected chi connectivity index (χ2v) is 5.89. The monoisotopic (exact) mass is 344 g/mol. The van der Waals surface area contributed by atoms with Crippen LogP contribution in [0.3, 0.4) is 0 Å². The van der Waals surface area contributed by atoms with Crippen LogP contribution in [0.1, 0.15) is 11.1 Å². The summed E-state index contributed by atoms with van der Waals surface area (Å²) in [6.07, 6.45) is 3.03. The Hall–Kier alpha value is -1.78. The Balaban J connectivity index is 1.58. The van der Waals surface area contributed by atoms with Crippen LogP contribution < -0.4 is 5.32 Å². The van der Waals surface area contributed by atoms with E-state index in [0.717, 1.165) is 23.0 Å². The number of nitrogens with one attached hydrogen (secondary N) is 2. The minimum atomic E-state index is 0.317. The van der Waals surface area contributed by atoms with E-state index in [1.165, 1.54) is 16.5 Å². The minimum Gasteiger partial charge on any atom is -0.506 e.